The number of hydrogen-bond acceptors (Lipinski definition) is 6. The van der Waals surface area contributed by atoms with Gasteiger partial charge in [0.05, 0.1) is 6.20 Å². The van der Waals surface area contributed by atoms with Crippen LogP contribution in [0, 0.1) is 0 Å². The number of piperazine rings is 1. The largest absolute Gasteiger partial charge is 0.353 e. The van der Waals surface area contributed by atoms with E-state index in [0.717, 1.165) is 32.0 Å². The quantitative estimate of drug-likeness (QED) is 0.876. The molecule has 0 bridgehead atoms. The molecule has 0 spiro atoms. The van der Waals surface area contributed by atoms with E-state index in [1.54, 1.807) is 6.20 Å². The van der Waals surface area contributed by atoms with Crippen LogP contribution in [-0.4, -0.2) is 59.3 Å². The van der Waals surface area contributed by atoms with Gasteiger partial charge in [-0.05, 0) is 19.9 Å². The Bertz CT molecular complexity index is 409. The minimum absolute atomic E-state index is 0.532. The van der Waals surface area contributed by atoms with Gasteiger partial charge in [0, 0.05) is 32.2 Å². The second kappa shape index (κ2) is 5.69. The van der Waals surface area contributed by atoms with Gasteiger partial charge in [0.15, 0.2) is 5.82 Å². The predicted molar refractivity (Wildman–Crippen MR) is 75.4 cm³/mol. The van der Waals surface area contributed by atoms with Gasteiger partial charge in [0.2, 0.25) is 5.95 Å². The lowest BCUT2D eigenvalue weighted by Crippen LogP contribution is -2.45. The Kier molecular flexibility index (Phi) is 3.77. The van der Waals surface area contributed by atoms with Gasteiger partial charge in [-0.3, -0.25) is 0 Å². The zero-order chi connectivity index (χ0) is 13.1. The maximum Gasteiger partial charge on any atom is 0.244 e. The zero-order valence-electron chi connectivity index (χ0n) is 11.5. The van der Waals surface area contributed by atoms with E-state index in [0.29, 0.717) is 12.0 Å². The third kappa shape index (κ3) is 3.12. The zero-order valence-corrected chi connectivity index (χ0v) is 11.5. The van der Waals surface area contributed by atoms with Crippen LogP contribution in [0.2, 0.25) is 0 Å². The first-order chi connectivity index (χ1) is 9.31. The van der Waals surface area contributed by atoms with Gasteiger partial charge in [-0.1, -0.05) is 12.8 Å². The molecule has 19 heavy (non-hydrogen) atoms. The van der Waals surface area contributed by atoms with Crippen LogP contribution in [0.1, 0.15) is 25.7 Å². The summed E-state index contributed by atoms with van der Waals surface area (Å²) in [6.07, 6.45) is 6.84. The number of aromatic nitrogens is 3. The molecule has 3 rings (SSSR count). The Hall–Kier alpha value is -1.43. The molecule has 1 saturated carbocycles. The first kappa shape index (κ1) is 12.6. The summed E-state index contributed by atoms with van der Waals surface area (Å²) in [5.41, 5.74) is 0. The molecule has 104 valence electrons. The Morgan fingerprint density at radius 3 is 2.63 bits per heavy atom. The highest BCUT2D eigenvalue weighted by molar-refractivity contribution is 5.41. The van der Waals surface area contributed by atoms with Gasteiger partial charge in [-0.15, -0.1) is 5.10 Å². The Labute approximate surface area is 114 Å². The Balaban J connectivity index is 1.65. The lowest BCUT2D eigenvalue weighted by molar-refractivity contribution is 0.312. The van der Waals surface area contributed by atoms with E-state index in [1.807, 2.05) is 0 Å². The number of likely N-dealkylation sites (N-methyl/N-ethyl adjacent to an activating group) is 1. The Morgan fingerprint density at radius 2 is 1.89 bits per heavy atom. The van der Waals surface area contributed by atoms with Gasteiger partial charge in [0.25, 0.3) is 0 Å². The first-order valence-electron chi connectivity index (χ1n) is 7.21. The molecule has 0 unspecified atom stereocenters. The molecule has 6 heteroatoms. The lowest BCUT2D eigenvalue weighted by Gasteiger charge is -2.32. The summed E-state index contributed by atoms with van der Waals surface area (Å²) >= 11 is 0. The number of nitrogens with zero attached hydrogens (tertiary/aromatic N) is 5. The maximum atomic E-state index is 4.61. The maximum absolute atomic E-state index is 4.61. The van der Waals surface area contributed by atoms with Gasteiger partial charge in [-0.25, -0.2) is 0 Å². The fraction of sp³-hybridized carbons (Fsp3) is 0.769. The summed E-state index contributed by atoms with van der Waals surface area (Å²) in [7, 11) is 2.16. The molecule has 1 aliphatic heterocycles. The van der Waals surface area contributed by atoms with Crippen molar-refractivity contribution in [2.75, 3.05) is 43.4 Å². The highest BCUT2D eigenvalue weighted by Crippen LogP contribution is 2.21. The van der Waals surface area contributed by atoms with Crippen molar-refractivity contribution in [1.29, 1.82) is 0 Å². The summed E-state index contributed by atoms with van der Waals surface area (Å²) in [5.74, 6) is 1.63. The molecule has 2 aliphatic rings. The smallest absolute Gasteiger partial charge is 0.244 e. The number of nitrogens with one attached hydrogen (secondary N) is 1. The van der Waals surface area contributed by atoms with Crippen molar-refractivity contribution in [2.24, 2.45) is 0 Å². The molecule has 6 nitrogen and oxygen atoms in total. The van der Waals surface area contributed by atoms with Gasteiger partial charge in [-0.2, -0.15) is 10.1 Å². The van der Waals surface area contributed by atoms with Gasteiger partial charge < -0.3 is 15.1 Å². The fourth-order valence-electron chi connectivity index (χ4n) is 2.80. The van der Waals surface area contributed by atoms with Gasteiger partial charge in [0.1, 0.15) is 0 Å². The molecule has 1 aromatic rings. The minimum Gasteiger partial charge on any atom is -0.353 e. The molecular weight excluding hydrogens is 240 g/mol. The van der Waals surface area contributed by atoms with Gasteiger partial charge >= 0.3 is 0 Å². The molecule has 0 atom stereocenters. The average Bonchev–Trinajstić information content (AvgIpc) is 2.93. The van der Waals surface area contributed by atoms with Crippen LogP contribution in [-0.2, 0) is 0 Å². The lowest BCUT2D eigenvalue weighted by atomic mass is 10.2. The molecular formula is C13H22N6. The molecule has 0 amide bonds. The van der Waals surface area contributed by atoms with E-state index < -0.39 is 0 Å². The van der Waals surface area contributed by atoms with Crippen molar-refractivity contribution >= 4 is 11.8 Å². The monoisotopic (exact) mass is 262 g/mol. The van der Waals surface area contributed by atoms with Crippen LogP contribution in [0.4, 0.5) is 11.8 Å². The standard InChI is InChI=1S/C13H22N6/c1-18-6-8-19(9-7-18)12-10-14-17-13(16-12)15-11-4-2-3-5-11/h10-11H,2-9H2,1H3,(H,15,16,17). The summed E-state index contributed by atoms with van der Waals surface area (Å²) in [5, 5.41) is 11.6. The third-order valence-electron chi connectivity index (χ3n) is 4.06. The topological polar surface area (TPSA) is 57.2 Å². The van der Waals surface area contributed by atoms with Crippen molar-refractivity contribution in [3.63, 3.8) is 0 Å². The summed E-state index contributed by atoms with van der Waals surface area (Å²) in [6, 6.07) is 0.532. The van der Waals surface area contributed by atoms with Crippen LogP contribution in [0.3, 0.4) is 0 Å². The van der Waals surface area contributed by atoms with Crippen LogP contribution in [0.25, 0.3) is 0 Å². The van der Waals surface area contributed by atoms with Crippen molar-refractivity contribution in [1.82, 2.24) is 20.1 Å². The molecule has 0 radical (unpaired) electrons. The van der Waals surface area contributed by atoms with Crippen molar-refractivity contribution in [2.45, 2.75) is 31.7 Å². The number of anilines is 2. The van der Waals surface area contributed by atoms with Crippen molar-refractivity contribution in [3.05, 3.63) is 6.20 Å². The Morgan fingerprint density at radius 1 is 1.16 bits per heavy atom. The van der Waals surface area contributed by atoms with Crippen LogP contribution < -0.4 is 10.2 Å². The van der Waals surface area contributed by atoms with Crippen LogP contribution >= 0.6 is 0 Å². The predicted octanol–water partition coefficient (Wildman–Crippen LogP) is 0.978. The van der Waals surface area contributed by atoms with E-state index in [9.17, 15) is 0 Å². The summed E-state index contributed by atoms with van der Waals surface area (Å²) < 4.78 is 0. The van der Waals surface area contributed by atoms with E-state index >= 15 is 0 Å². The molecule has 1 N–H and O–H groups in total. The van der Waals surface area contributed by atoms with E-state index in [4.69, 9.17) is 0 Å². The highest BCUT2D eigenvalue weighted by Gasteiger charge is 2.18. The van der Waals surface area contributed by atoms with Crippen molar-refractivity contribution in [3.8, 4) is 0 Å². The second-order valence-corrected chi connectivity index (χ2v) is 5.55. The minimum atomic E-state index is 0.532. The average molecular weight is 262 g/mol. The first-order valence-corrected chi connectivity index (χ1v) is 7.21. The van der Waals surface area contributed by atoms with E-state index in [2.05, 4.69) is 37.3 Å². The summed E-state index contributed by atoms with van der Waals surface area (Å²) in [4.78, 5) is 9.23. The molecule has 2 heterocycles. The van der Waals surface area contributed by atoms with E-state index in [-0.39, 0.29) is 0 Å². The number of hydrogen-bond donors (Lipinski definition) is 1. The van der Waals surface area contributed by atoms with Crippen molar-refractivity contribution < 1.29 is 0 Å². The normalized spacial score (nSPS) is 21.8. The molecule has 1 aromatic heterocycles. The van der Waals surface area contributed by atoms with Crippen LogP contribution in [0.15, 0.2) is 6.20 Å². The number of rotatable bonds is 3. The SMILES string of the molecule is CN1CCN(c2cnnc(NC3CCCC3)n2)CC1. The highest BCUT2D eigenvalue weighted by atomic mass is 15.3. The third-order valence-corrected chi connectivity index (χ3v) is 4.06. The fourth-order valence-corrected chi connectivity index (χ4v) is 2.80. The summed E-state index contributed by atoms with van der Waals surface area (Å²) in [6.45, 7) is 4.18. The molecule has 0 aromatic carbocycles. The molecule has 1 aliphatic carbocycles. The second-order valence-electron chi connectivity index (χ2n) is 5.55. The van der Waals surface area contributed by atoms with Crippen LogP contribution in [0.5, 0.6) is 0 Å². The van der Waals surface area contributed by atoms with E-state index in [1.165, 1.54) is 25.7 Å². The molecule has 1 saturated heterocycles. The molecule has 2 fully saturated rings.